The number of hydrogen-bond donors (Lipinski definition) is 1. The summed E-state index contributed by atoms with van der Waals surface area (Å²) in [5.74, 6) is -0.825. The number of aryl methyl sites for hydroxylation is 2. The number of carbonyl (C=O) groups excluding carboxylic acids is 1. The number of hydrogen-bond acceptors (Lipinski definition) is 3. The van der Waals surface area contributed by atoms with Crippen LogP contribution in [0.5, 0.6) is 0 Å². The lowest BCUT2D eigenvalue weighted by Gasteiger charge is -2.35. The summed E-state index contributed by atoms with van der Waals surface area (Å²) in [5, 5.41) is 2.73. The summed E-state index contributed by atoms with van der Waals surface area (Å²) in [6.45, 7) is 3.74. The predicted molar refractivity (Wildman–Crippen MR) is 92.0 cm³/mol. The number of amides is 1. The van der Waals surface area contributed by atoms with Crippen molar-refractivity contribution in [1.29, 1.82) is 0 Å². The van der Waals surface area contributed by atoms with Crippen LogP contribution in [0.25, 0.3) is 0 Å². The third kappa shape index (κ3) is 3.17. The molecule has 5 nitrogen and oxygen atoms in total. The zero-order valence-corrected chi connectivity index (χ0v) is 14.8. The van der Waals surface area contributed by atoms with E-state index in [1.807, 2.05) is 19.1 Å². The van der Waals surface area contributed by atoms with E-state index in [2.05, 4.69) is 5.32 Å². The third-order valence-corrected chi connectivity index (χ3v) is 6.25. The van der Waals surface area contributed by atoms with Gasteiger partial charge in [-0.2, -0.15) is 4.31 Å². The molecule has 0 aromatic heterocycles. The van der Waals surface area contributed by atoms with Crippen LogP contribution in [0.1, 0.15) is 22.7 Å². The fourth-order valence-corrected chi connectivity index (χ4v) is 4.66. The van der Waals surface area contributed by atoms with Crippen LogP contribution in [0.15, 0.2) is 47.4 Å². The van der Waals surface area contributed by atoms with Crippen LogP contribution in [-0.4, -0.2) is 31.7 Å². The molecule has 1 aliphatic rings. The summed E-state index contributed by atoms with van der Waals surface area (Å²) in [7, 11) is -3.94. The smallest absolute Gasteiger partial charge is 0.244 e. The lowest BCUT2D eigenvalue weighted by atomic mass is 9.99. The average Bonchev–Trinajstić information content (AvgIpc) is 2.58. The first-order chi connectivity index (χ1) is 11.8. The van der Waals surface area contributed by atoms with Crippen LogP contribution in [0, 0.1) is 19.7 Å². The highest BCUT2D eigenvalue weighted by molar-refractivity contribution is 7.89. The minimum absolute atomic E-state index is 0.0142. The van der Waals surface area contributed by atoms with Crippen LogP contribution in [0.4, 0.5) is 4.39 Å². The Hall–Kier alpha value is -2.25. The van der Waals surface area contributed by atoms with Gasteiger partial charge in [0.15, 0.2) is 0 Å². The van der Waals surface area contributed by atoms with Crippen molar-refractivity contribution < 1.29 is 17.6 Å². The Morgan fingerprint density at radius 3 is 2.52 bits per heavy atom. The maximum atomic E-state index is 13.5. The zero-order valence-electron chi connectivity index (χ0n) is 14.0. The Kier molecular flexibility index (Phi) is 4.62. The number of nitrogens with zero attached hydrogens (tertiary/aromatic N) is 1. The largest absolute Gasteiger partial charge is 0.353 e. The summed E-state index contributed by atoms with van der Waals surface area (Å²) in [6.07, 6.45) is 0. The number of nitrogens with one attached hydrogen (secondary N) is 1. The van der Waals surface area contributed by atoms with Gasteiger partial charge in [-0.05, 0) is 48.7 Å². The molecular weight excluding hydrogens is 343 g/mol. The quantitative estimate of drug-likeness (QED) is 0.911. The van der Waals surface area contributed by atoms with E-state index in [4.69, 9.17) is 0 Å². The van der Waals surface area contributed by atoms with E-state index in [-0.39, 0.29) is 29.5 Å². The van der Waals surface area contributed by atoms with E-state index >= 15 is 0 Å². The third-order valence-electron chi connectivity index (χ3n) is 4.39. The van der Waals surface area contributed by atoms with Gasteiger partial charge in [0.2, 0.25) is 15.9 Å². The second-order valence-corrected chi connectivity index (χ2v) is 7.97. The van der Waals surface area contributed by atoms with Crippen molar-refractivity contribution in [3.8, 4) is 0 Å². The van der Waals surface area contributed by atoms with Crippen LogP contribution in [0.3, 0.4) is 0 Å². The number of benzene rings is 2. The van der Waals surface area contributed by atoms with Gasteiger partial charge in [0.1, 0.15) is 11.9 Å². The molecule has 1 aliphatic heterocycles. The second kappa shape index (κ2) is 6.57. The van der Waals surface area contributed by atoms with E-state index in [0.29, 0.717) is 5.56 Å². The van der Waals surface area contributed by atoms with Crippen molar-refractivity contribution in [2.45, 2.75) is 24.8 Å². The van der Waals surface area contributed by atoms with Gasteiger partial charge in [0.05, 0.1) is 4.90 Å². The number of piperazine rings is 1. The minimum Gasteiger partial charge on any atom is -0.353 e. The summed E-state index contributed by atoms with van der Waals surface area (Å²) in [5.41, 5.74) is 1.72. The van der Waals surface area contributed by atoms with Crippen LogP contribution < -0.4 is 5.32 Å². The maximum Gasteiger partial charge on any atom is 0.244 e. The molecule has 7 heteroatoms. The SMILES string of the molecule is Cc1cc(S(=O)(=O)N2CCNC(=O)C2c2ccccc2C)ccc1F. The monoisotopic (exact) mass is 362 g/mol. The molecule has 1 heterocycles. The standard InChI is InChI=1S/C18H19FN2O3S/c1-12-5-3-4-6-15(12)17-18(22)20-9-10-21(17)25(23,24)14-7-8-16(19)13(2)11-14/h3-8,11,17H,9-10H2,1-2H3,(H,20,22). The van der Waals surface area contributed by atoms with E-state index in [1.54, 1.807) is 12.1 Å². The Bertz CT molecular complexity index is 928. The molecule has 1 fully saturated rings. The summed E-state index contributed by atoms with van der Waals surface area (Å²) < 4.78 is 40.9. The van der Waals surface area contributed by atoms with Gasteiger partial charge in [0, 0.05) is 13.1 Å². The van der Waals surface area contributed by atoms with Crippen molar-refractivity contribution in [2.75, 3.05) is 13.1 Å². The van der Waals surface area contributed by atoms with Gasteiger partial charge in [-0.1, -0.05) is 24.3 Å². The molecular formula is C18H19FN2O3S. The lowest BCUT2D eigenvalue weighted by molar-refractivity contribution is -0.126. The van der Waals surface area contributed by atoms with Crippen molar-refractivity contribution in [3.63, 3.8) is 0 Å². The molecule has 3 rings (SSSR count). The highest BCUT2D eigenvalue weighted by Gasteiger charge is 2.40. The van der Waals surface area contributed by atoms with E-state index in [1.165, 1.54) is 23.4 Å². The van der Waals surface area contributed by atoms with E-state index in [0.717, 1.165) is 11.6 Å². The Labute approximate surface area is 146 Å². The molecule has 0 bridgehead atoms. The van der Waals surface area contributed by atoms with Gasteiger partial charge in [-0.15, -0.1) is 0 Å². The summed E-state index contributed by atoms with van der Waals surface area (Å²) in [6, 6.07) is 9.93. The minimum atomic E-state index is -3.94. The highest BCUT2D eigenvalue weighted by Crippen LogP contribution is 2.31. The number of rotatable bonds is 3. The van der Waals surface area contributed by atoms with Gasteiger partial charge in [-0.25, -0.2) is 12.8 Å². The molecule has 1 unspecified atom stereocenters. The normalized spacial score (nSPS) is 18.8. The molecule has 1 atom stereocenters. The molecule has 0 spiro atoms. The zero-order chi connectivity index (χ0) is 18.2. The molecule has 1 amide bonds. The van der Waals surface area contributed by atoms with Gasteiger partial charge in [0.25, 0.3) is 0 Å². The fourth-order valence-electron chi connectivity index (χ4n) is 3.01. The van der Waals surface area contributed by atoms with E-state index < -0.39 is 21.9 Å². The maximum absolute atomic E-state index is 13.5. The van der Waals surface area contributed by atoms with Crippen molar-refractivity contribution in [2.24, 2.45) is 0 Å². The first-order valence-electron chi connectivity index (χ1n) is 7.93. The van der Waals surface area contributed by atoms with Crippen molar-refractivity contribution >= 4 is 15.9 Å². The highest BCUT2D eigenvalue weighted by atomic mass is 32.2. The van der Waals surface area contributed by atoms with E-state index in [9.17, 15) is 17.6 Å². The Balaban J connectivity index is 2.10. The molecule has 132 valence electrons. The Morgan fingerprint density at radius 1 is 1.12 bits per heavy atom. The van der Waals surface area contributed by atoms with Gasteiger partial charge >= 0.3 is 0 Å². The van der Waals surface area contributed by atoms with Crippen molar-refractivity contribution in [1.82, 2.24) is 9.62 Å². The summed E-state index contributed by atoms with van der Waals surface area (Å²) >= 11 is 0. The molecule has 0 aliphatic carbocycles. The lowest BCUT2D eigenvalue weighted by Crippen LogP contribution is -2.52. The van der Waals surface area contributed by atoms with Crippen LogP contribution >= 0.6 is 0 Å². The topological polar surface area (TPSA) is 66.5 Å². The molecule has 25 heavy (non-hydrogen) atoms. The van der Waals surface area contributed by atoms with Crippen molar-refractivity contribution in [3.05, 3.63) is 65.0 Å². The van der Waals surface area contributed by atoms with Crippen LogP contribution in [-0.2, 0) is 14.8 Å². The predicted octanol–water partition coefficient (Wildman–Crippen LogP) is 2.30. The first-order valence-corrected chi connectivity index (χ1v) is 9.37. The summed E-state index contributed by atoms with van der Waals surface area (Å²) in [4.78, 5) is 12.5. The second-order valence-electron chi connectivity index (χ2n) is 6.08. The number of sulfonamides is 1. The molecule has 0 saturated carbocycles. The average molecular weight is 362 g/mol. The van der Waals surface area contributed by atoms with Gasteiger partial charge < -0.3 is 5.32 Å². The Morgan fingerprint density at radius 2 is 1.84 bits per heavy atom. The molecule has 1 saturated heterocycles. The first kappa shape index (κ1) is 17.6. The number of carbonyl (C=O) groups is 1. The molecule has 2 aromatic carbocycles. The van der Waals surface area contributed by atoms with Gasteiger partial charge in [-0.3, -0.25) is 4.79 Å². The molecule has 1 N–H and O–H groups in total. The molecule has 2 aromatic rings. The fraction of sp³-hybridized carbons (Fsp3) is 0.278. The molecule has 0 radical (unpaired) electrons. The number of halogens is 1. The van der Waals surface area contributed by atoms with Crippen LogP contribution in [0.2, 0.25) is 0 Å².